The van der Waals surface area contributed by atoms with Crippen LogP contribution in [0.15, 0.2) is 36.1 Å². The molecule has 1 aromatic carbocycles. The third-order valence-electron chi connectivity index (χ3n) is 7.09. The first-order chi connectivity index (χ1) is 17.1. The van der Waals surface area contributed by atoms with Gasteiger partial charge in [0, 0.05) is 43.1 Å². The first-order valence-electron chi connectivity index (χ1n) is 11.8. The van der Waals surface area contributed by atoms with E-state index in [0.29, 0.717) is 24.4 Å². The maximum atomic E-state index is 13.2. The number of thiazole rings is 1. The summed E-state index contributed by atoms with van der Waals surface area (Å²) in [5.41, 5.74) is -1.24. The number of rotatable bonds is 6. The molecule has 12 heteroatoms. The largest absolute Gasteiger partial charge is 0.416 e. The number of aromatic nitrogens is 3. The van der Waals surface area contributed by atoms with Gasteiger partial charge in [-0.25, -0.2) is 15.0 Å². The third-order valence-corrected chi connectivity index (χ3v) is 8.05. The van der Waals surface area contributed by atoms with E-state index in [0.717, 1.165) is 43.1 Å². The maximum absolute atomic E-state index is 13.2. The van der Waals surface area contributed by atoms with Crippen LogP contribution >= 0.6 is 11.3 Å². The number of alkyl halides is 3. The van der Waals surface area contributed by atoms with Gasteiger partial charge in [0.15, 0.2) is 0 Å². The molecule has 5 rings (SSSR count). The predicted octanol–water partition coefficient (Wildman–Crippen LogP) is 3.17. The minimum absolute atomic E-state index is 0.0182. The molecule has 36 heavy (non-hydrogen) atoms. The Morgan fingerprint density at radius 3 is 2.67 bits per heavy atom. The van der Waals surface area contributed by atoms with Crippen molar-refractivity contribution in [1.29, 1.82) is 0 Å². The van der Waals surface area contributed by atoms with Crippen molar-refractivity contribution >= 4 is 34.0 Å². The van der Waals surface area contributed by atoms with Gasteiger partial charge in [-0.3, -0.25) is 9.69 Å². The minimum Gasteiger partial charge on any atom is -0.383 e. The lowest BCUT2D eigenvalue weighted by Crippen LogP contribution is -2.63. The molecule has 0 spiro atoms. The normalized spacial score (nSPS) is 23.4. The number of likely N-dealkylation sites (tertiary alicyclic amines) is 1. The van der Waals surface area contributed by atoms with E-state index in [4.69, 9.17) is 0 Å². The van der Waals surface area contributed by atoms with Gasteiger partial charge in [0.2, 0.25) is 5.91 Å². The molecular formula is C24H27F3N6O2S. The molecule has 1 amide bonds. The van der Waals surface area contributed by atoms with E-state index < -0.39 is 17.3 Å². The number of hydrogen-bond donors (Lipinski definition) is 2. The summed E-state index contributed by atoms with van der Waals surface area (Å²) in [7, 11) is 1.63. The zero-order chi connectivity index (χ0) is 25.5. The second-order valence-electron chi connectivity index (χ2n) is 9.60. The SMILES string of the molecule is CN(CC(=O)NC1CN([C@H]2CC[C@@](O)(c3nccs3)CC2)C1)c1ncnc2ccc(C(F)(F)F)cc12. The highest BCUT2D eigenvalue weighted by Crippen LogP contribution is 2.40. The van der Waals surface area contributed by atoms with Crippen molar-refractivity contribution in [3.8, 4) is 0 Å². The summed E-state index contributed by atoms with van der Waals surface area (Å²) in [5, 5.41) is 16.8. The molecule has 192 valence electrons. The number of carbonyl (C=O) groups is 1. The van der Waals surface area contributed by atoms with Crippen molar-refractivity contribution in [2.45, 2.75) is 49.5 Å². The molecule has 1 saturated heterocycles. The second-order valence-corrected chi connectivity index (χ2v) is 10.5. The molecule has 0 atom stereocenters. The van der Waals surface area contributed by atoms with E-state index in [-0.39, 0.29) is 29.7 Å². The van der Waals surface area contributed by atoms with Crippen LogP contribution in [0.3, 0.4) is 0 Å². The number of fused-ring (bicyclic) bond motifs is 1. The number of amides is 1. The van der Waals surface area contributed by atoms with Gasteiger partial charge in [0.05, 0.1) is 23.7 Å². The van der Waals surface area contributed by atoms with E-state index in [9.17, 15) is 23.1 Å². The van der Waals surface area contributed by atoms with Crippen LogP contribution in [-0.2, 0) is 16.6 Å². The Kier molecular flexibility index (Phi) is 6.60. The molecule has 0 radical (unpaired) electrons. The lowest BCUT2D eigenvalue weighted by molar-refractivity contribution is -0.137. The van der Waals surface area contributed by atoms with Gasteiger partial charge >= 0.3 is 6.18 Å². The Bertz CT molecular complexity index is 1220. The van der Waals surface area contributed by atoms with Gasteiger partial charge in [-0.15, -0.1) is 11.3 Å². The first-order valence-corrected chi connectivity index (χ1v) is 12.7. The fourth-order valence-corrected chi connectivity index (χ4v) is 5.90. The van der Waals surface area contributed by atoms with Crippen molar-refractivity contribution in [3.63, 3.8) is 0 Å². The summed E-state index contributed by atoms with van der Waals surface area (Å²) in [6.07, 6.45) is 1.62. The highest BCUT2D eigenvalue weighted by atomic mass is 32.1. The van der Waals surface area contributed by atoms with Gasteiger partial charge in [0.1, 0.15) is 22.8 Å². The maximum Gasteiger partial charge on any atom is 0.416 e. The molecule has 2 N–H and O–H groups in total. The highest BCUT2D eigenvalue weighted by Gasteiger charge is 2.41. The number of nitrogens with zero attached hydrogens (tertiary/aromatic N) is 5. The summed E-state index contributed by atoms with van der Waals surface area (Å²) >= 11 is 1.49. The quantitative estimate of drug-likeness (QED) is 0.516. The standard InChI is InChI=1S/C24H27F3N6O2S/c1-32(21-18-10-15(24(25,26)27)2-3-19(18)29-14-30-21)13-20(34)31-16-11-33(12-16)17-4-6-23(35,7-5-17)22-28-8-9-36-22/h2-3,8-10,14,16-17,35H,4-7,11-13H2,1H3,(H,31,34)/t17-,23-. The Labute approximate surface area is 210 Å². The fraction of sp³-hybridized carbons (Fsp3) is 0.500. The molecule has 2 aliphatic rings. The molecule has 0 unspecified atom stereocenters. The average Bonchev–Trinajstić information content (AvgIpc) is 3.37. The average molecular weight is 521 g/mol. The molecular weight excluding hydrogens is 493 g/mol. The topological polar surface area (TPSA) is 94.5 Å². The van der Waals surface area contributed by atoms with Gasteiger partial charge in [0.25, 0.3) is 0 Å². The smallest absolute Gasteiger partial charge is 0.383 e. The van der Waals surface area contributed by atoms with Crippen LogP contribution in [0.4, 0.5) is 19.0 Å². The Morgan fingerprint density at radius 2 is 2.00 bits per heavy atom. The minimum atomic E-state index is -4.48. The zero-order valence-electron chi connectivity index (χ0n) is 19.7. The molecule has 2 aromatic heterocycles. The zero-order valence-corrected chi connectivity index (χ0v) is 20.5. The van der Waals surface area contributed by atoms with Gasteiger partial charge in [-0.05, 0) is 43.9 Å². The van der Waals surface area contributed by atoms with Crippen LogP contribution in [0.1, 0.15) is 36.3 Å². The van der Waals surface area contributed by atoms with Crippen LogP contribution < -0.4 is 10.2 Å². The van der Waals surface area contributed by atoms with Crippen LogP contribution in [0.25, 0.3) is 10.9 Å². The monoisotopic (exact) mass is 520 g/mol. The van der Waals surface area contributed by atoms with Crippen molar-refractivity contribution in [2.75, 3.05) is 31.6 Å². The highest BCUT2D eigenvalue weighted by molar-refractivity contribution is 7.09. The lowest BCUT2D eigenvalue weighted by atomic mass is 9.81. The summed E-state index contributed by atoms with van der Waals surface area (Å²) in [6, 6.07) is 3.70. The summed E-state index contributed by atoms with van der Waals surface area (Å²) in [5.74, 6) is 0.0501. The Hall–Kier alpha value is -2.83. The molecule has 0 bridgehead atoms. The third kappa shape index (κ3) is 5.02. The Morgan fingerprint density at radius 1 is 1.25 bits per heavy atom. The number of anilines is 1. The molecule has 3 aromatic rings. The number of carbonyl (C=O) groups excluding carboxylic acids is 1. The van der Waals surface area contributed by atoms with Crippen molar-refractivity contribution < 1.29 is 23.1 Å². The van der Waals surface area contributed by atoms with Crippen LogP contribution in [-0.4, -0.2) is 69.6 Å². The first kappa shape index (κ1) is 24.8. The van der Waals surface area contributed by atoms with E-state index in [1.165, 1.54) is 28.6 Å². The van der Waals surface area contributed by atoms with Gasteiger partial charge in [-0.2, -0.15) is 13.2 Å². The van der Waals surface area contributed by atoms with Crippen molar-refractivity contribution in [3.05, 3.63) is 46.7 Å². The number of hydrogen-bond acceptors (Lipinski definition) is 8. The molecule has 1 aliphatic heterocycles. The van der Waals surface area contributed by atoms with Crippen LogP contribution in [0, 0.1) is 0 Å². The molecule has 8 nitrogen and oxygen atoms in total. The van der Waals surface area contributed by atoms with Crippen LogP contribution in [0.5, 0.6) is 0 Å². The molecule has 2 fully saturated rings. The molecule has 3 heterocycles. The van der Waals surface area contributed by atoms with E-state index in [1.807, 2.05) is 5.38 Å². The summed E-state index contributed by atoms with van der Waals surface area (Å²) in [6.45, 7) is 1.44. The number of benzene rings is 1. The Balaban J connectivity index is 1.13. The summed E-state index contributed by atoms with van der Waals surface area (Å²) < 4.78 is 39.5. The van der Waals surface area contributed by atoms with Crippen molar-refractivity contribution in [2.24, 2.45) is 0 Å². The summed E-state index contributed by atoms with van der Waals surface area (Å²) in [4.78, 5) is 29.0. The van der Waals surface area contributed by atoms with Gasteiger partial charge < -0.3 is 15.3 Å². The number of aliphatic hydroxyl groups is 1. The lowest BCUT2D eigenvalue weighted by Gasteiger charge is -2.48. The van der Waals surface area contributed by atoms with E-state index in [2.05, 4.69) is 25.2 Å². The van der Waals surface area contributed by atoms with Crippen molar-refractivity contribution in [1.82, 2.24) is 25.2 Å². The van der Waals surface area contributed by atoms with E-state index >= 15 is 0 Å². The van der Waals surface area contributed by atoms with Gasteiger partial charge in [-0.1, -0.05) is 0 Å². The molecule has 1 saturated carbocycles. The number of halogens is 3. The predicted molar refractivity (Wildman–Crippen MR) is 130 cm³/mol. The second kappa shape index (κ2) is 9.56. The fourth-order valence-electron chi connectivity index (χ4n) is 5.10. The number of nitrogens with one attached hydrogen (secondary N) is 1. The van der Waals surface area contributed by atoms with E-state index in [1.54, 1.807) is 13.2 Å². The number of likely N-dealkylation sites (N-methyl/N-ethyl adjacent to an activating group) is 1. The molecule has 1 aliphatic carbocycles. The van der Waals surface area contributed by atoms with Crippen LogP contribution in [0.2, 0.25) is 0 Å².